The van der Waals surface area contributed by atoms with Crippen LogP contribution in [0.2, 0.25) is 0 Å². The summed E-state index contributed by atoms with van der Waals surface area (Å²) in [6.45, 7) is 3.93. The lowest BCUT2D eigenvalue weighted by Gasteiger charge is -2.04. The van der Waals surface area contributed by atoms with Crippen molar-refractivity contribution < 1.29 is 5.11 Å². The van der Waals surface area contributed by atoms with Crippen LogP contribution in [0.25, 0.3) is 10.9 Å². The largest absolute Gasteiger partial charge is 0.493 e. The van der Waals surface area contributed by atoms with Gasteiger partial charge in [-0.3, -0.25) is 0 Å². The molecule has 0 aliphatic heterocycles. The van der Waals surface area contributed by atoms with Crippen LogP contribution in [0.4, 0.5) is 5.69 Å². The first-order chi connectivity index (χ1) is 8.58. The zero-order valence-corrected chi connectivity index (χ0v) is 11.0. The topological polar surface area (TPSA) is 72.8 Å². The van der Waals surface area contributed by atoms with E-state index in [2.05, 4.69) is 20.5 Å². The Kier molecular flexibility index (Phi) is 3.57. The molecule has 18 heavy (non-hydrogen) atoms. The second kappa shape index (κ2) is 5.14. The minimum absolute atomic E-state index is 0.00713. The number of fused-ring (bicyclic) bond motifs is 1. The van der Waals surface area contributed by atoms with Gasteiger partial charge >= 0.3 is 0 Å². The summed E-state index contributed by atoms with van der Waals surface area (Å²) < 4.78 is 0. The third-order valence-corrected chi connectivity index (χ3v) is 2.51. The Balaban J connectivity index is 2.29. The molecule has 0 fully saturated rings. The van der Waals surface area contributed by atoms with Gasteiger partial charge in [0.25, 0.3) is 0 Å². The van der Waals surface area contributed by atoms with Crippen LogP contribution in [0.15, 0.2) is 34.5 Å². The average molecular weight is 262 g/mol. The van der Waals surface area contributed by atoms with E-state index in [1.165, 1.54) is 0 Å². The molecule has 0 radical (unpaired) electrons. The SMILES string of the molecule is CC(C)NC(=S)N=Nc1c(O)[nH]c2ccccc12. The Labute approximate surface area is 110 Å². The highest BCUT2D eigenvalue weighted by molar-refractivity contribution is 7.80. The third-order valence-electron chi connectivity index (χ3n) is 2.31. The molecule has 0 aliphatic carbocycles. The minimum atomic E-state index is -0.00713. The standard InChI is InChI=1S/C12H14N4OS/c1-7(2)13-12(18)16-15-10-8-5-3-4-6-9(8)14-11(10)17/h3-7,14,17H,1-2H3,(H,13,18). The van der Waals surface area contributed by atoms with Gasteiger partial charge in [0.05, 0.1) is 5.52 Å². The Morgan fingerprint density at radius 2 is 2.11 bits per heavy atom. The fraction of sp³-hybridized carbons (Fsp3) is 0.250. The molecule has 1 aromatic carbocycles. The highest BCUT2D eigenvalue weighted by Crippen LogP contribution is 2.35. The third kappa shape index (κ3) is 2.65. The molecular weight excluding hydrogens is 248 g/mol. The molecule has 1 heterocycles. The molecule has 3 N–H and O–H groups in total. The maximum Gasteiger partial charge on any atom is 0.218 e. The molecule has 0 atom stereocenters. The number of H-pyrrole nitrogens is 1. The van der Waals surface area contributed by atoms with Crippen molar-refractivity contribution >= 4 is 33.9 Å². The summed E-state index contributed by atoms with van der Waals surface area (Å²) in [6.07, 6.45) is 0. The van der Waals surface area contributed by atoms with Crippen LogP contribution in [0.1, 0.15) is 13.8 Å². The van der Waals surface area contributed by atoms with Crippen molar-refractivity contribution in [3.05, 3.63) is 24.3 Å². The van der Waals surface area contributed by atoms with Crippen LogP contribution in [0.3, 0.4) is 0 Å². The van der Waals surface area contributed by atoms with Crippen LogP contribution in [0.5, 0.6) is 5.88 Å². The number of hydrogen-bond acceptors (Lipinski definition) is 3. The number of rotatable bonds is 2. The number of azo groups is 1. The number of hydrogen-bond donors (Lipinski definition) is 3. The van der Waals surface area contributed by atoms with Gasteiger partial charge in [0.1, 0.15) is 0 Å². The number of aromatic nitrogens is 1. The molecule has 2 aromatic rings. The van der Waals surface area contributed by atoms with Gasteiger partial charge in [-0.05, 0) is 32.1 Å². The van der Waals surface area contributed by atoms with Gasteiger partial charge in [-0.2, -0.15) is 0 Å². The molecule has 6 heteroatoms. The molecule has 0 unspecified atom stereocenters. The monoisotopic (exact) mass is 262 g/mol. The second-order valence-corrected chi connectivity index (χ2v) is 4.56. The number of aromatic amines is 1. The van der Waals surface area contributed by atoms with Crippen LogP contribution < -0.4 is 5.32 Å². The number of thiocarbonyl (C=S) groups is 1. The average Bonchev–Trinajstić information content (AvgIpc) is 2.61. The van der Waals surface area contributed by atoms with Gasteiger partial charge in [-0.15, -0.1) is 10.2 Å². The molecular formula is C12H14N4OS. The second-order valence-electron chi connectivity index (χ2n) is 4.17. The highest BCUT2D eigenvalue weighted by Gasteiger charge is 2.09. The van der Waals surface area contributed by atoms with Gasteiger partial charge in [0.15, 0.2) is 5.69 Å². The molecule has 0 amide bonds. The summed E-state index contributed by atoms with van der Waals surface area (Å²) in [5, 5.41) is 21.7. The highest BCUT2D eigenvalue weighted by atomic mass is 32.1. The minimum Gasteiger partial charge on any atom is -0.493 e. The van der Waals surface area contributed by atoms with E-state index in [-0.39, 0.29) is 11.9 Å². The van der Waals surface area contributed by atoms with Gasteiger partial charge in [-0.25, -0.2) is 0 Å². The molecule has 0 bridgehead atoms. The Bertz CT molecular complexity index is 603. The zero-order valence-electron chi connectivity index (χ0n) is 10.1. The number of nitrogens with one attached hydrogen (secondary N) is 2. The van der Waals surface area contributed by atoms with Crippen molar-refractivity contribution in [2.75, 3.05) is 0 Å². The quantitative estimate of drug-likeness (QED) is 0.574. The maximum atomic E-state index is 9.76. The number of para-hydroxylation sites is 1. The number of nitrogens with zero attached hydrogens (tertiary/aromatic N) is 2. The first kappa shape index (κ1) is 12.5. The Hall–Kier alpha value is -1.95. The smallest absolute Gasteiger partial charge is 0.218 e. The summed E-state index contributed by atoms with van der Waals surface area (Å²) in [5.41, 5.74) is 1.21. The fourth-order valence-corrected chi connectivity index (χ4v) is 1.86. The number of aromatic hydroxyl groups is 1. The van der Waals surface area contributed by atoms with Crippen LogP contribution in [-0.2, 0) is 0 Å². The Morgan fingerprint density at radius 1 is 1.39 bits per heavy atom. The van der Waals surface area contributed by atoms with Crippen molar-refractivity contribution in [3.8, 4) is 5.88 Å². The Morgan fingerprint density at radius 3 is 2.83 bits per heavy atom. The molecule has 0 saturated carbocycles. The van der Waals surface area contributed by atoms with Crippen molar-refractivity contribution in [2.45, 2.75) is 19.9 Å². The van der Waals surface area contributed by atoms with Crippen molar-refractivity contribution in [1.82, 2.24) is 10.3 Å². The van der Waals surface area contributed by atoms with Gasteiger partial charge in [0, 0.05) is 11.4 Å². The van der Waals surface area contributed by atoms with Gasteiger partial charge in [0.2, 0.25) is 11.0 Å². The predicted molar refractivity (Wildman–Crippen MR) is 75.3 cm³/mol. The zero-order chi connectivity index (χ0) is 13.1. The van der Waals surface area contributed by atoms with Crippen LogP contribution in [-0.4, -0.2) is 21.2 Å². The van der Waals surface area contributed by atoms with E-state index in [4.69, 9.17) is 12.2 Å². The summed E-state index contributed by atoms with van der Waals surface area (Å²) in [5.74, 6) is -0.00713. The number of benzene rings is 1. The van der Waals surface area contributed by atoms with Crippen molar-refractivity contribution in [2.24, 2.45) is 10.2 Å². The van der Waals surface area contributed by atoms with Crippen LogP contribution >= 0.6 is 12.2 Å². The summed E-state index contributed by atoms with van der Waals surface area (Å²) >= 11 is 5.01. The van der Waals surface area contributed by atoms with E-state index in [1.807, 2.05) is 38.1 Å². The van der Waals surface area contributed by atoms with Crippen molar-refractivity contribution in [1.29, 1.82) is 0 Å². The van der Waals surface area contributed by atoms with E-state index in [0.717, 1.165) is 10.9 Å². The molecule has 0 saturated heterocycles. The van der Waals surface area contributed by atoms with E-state index < -0.39 is 0 Å². The lowest BCUT2D eigenvalue weighted by molar-refractivity contribution is 0.459. The van der Waals surface area contributed by atoms with E-state index in [0.29, 0.717) is 10.8 Å². The summed E-state index contributed by atoms with van der Waals surface area (Å²) in [4.78, 5) is 2.83. The molecule has 2 rings (SSSR count). The molecule has 0 aliphatic rings. The fourth-order valence-electron chi connectivity index (χ4n) is 1.59. The first-order valence-electron chi connectivity index (χ1n) is 5.60. The maximum absolute atomic E-state index is 9.76. The van der Waals surface area contributed by atoms with E-state index in [9.17, 15) is 5.11 Å². The molecule has 5 nitrogen and oxygen atoms in total. The molecule has 0 spiro atoms. The summed E-state index contributed by atoms with van der Waals surface area (Å²) in [7, 11) is 0. The van der Waals surface area contributed by atoms with Crippen LogP contribution in [0, 0.1) is 0 Å². The predicted octanol–water partition coefficient (Wildman–Crippen LogP) is 3.24. The van der Waals surface area contributed by atoms with Gasteiger partial charge in [-0.1, -0.05) is 18.2 Å². The van der Waals surface area contributed by atoms with Crippen molar-refractivity contribution in [3.63, 3.8) is 0 Å². The molecule has 1 aromatic heterocycles. The summed E-state index contributed by atoms with van der Waals surface area (Å²) in [6, 6.07) is 7.68. The van der Waals surface area contributed by atoms with E-state index in [1.54, 1.807) is 0 Å². The first-order valence-corrected chi connectivity index (χ1v) is 6.00. The normalized spacial score (nSPS) is 11.5. The molecule has 94 valence electrons. The lowest BCUT2D eigenvalue weighted by Crippen LogP contribution is -2.26. The van der Waals surface area contributed by atoms with E-state index >= 15 is 0 Å². The lowest BCUT2D eigenvalue weighted by atomic mass is 10.2. The van der Waals surface area contributed by atoms with Gasteiger partial charge < -0.3 is 15.4 Å².